The number of hydrogen-bond acceptors (Lipinski definition) is 8. The highest BCUT2D eigenvalue weighted by Gasteiger charge is 2.32. The van der Waals surface area contributed by atoms with Crippen LogP contribution in [0.15, 0.2) is 90.1 Å². The molecule has 0 amide bonds. The number of rotatable bonds is 11. The van der Waals surface area contributed by atoms with Crippen molar-refractivity contribution in [2.75, 3.05) is 28.6 Å². The molecule has 5 rings (SSSR count). The molecular formula is C31H33ClN2O8S2. The van der Waals surface area contributed by atoms with Gasteiger partial charge in [-0.25, -0.2) is 0 Å². The van der Waals surface area contributed by atoms with Gasteiger partial charge in [-0.3, -0.25) is 9.11 Å². The Morgan fingerprint density at radius 1 is 0.886 bits per heavy atom. The molecule has 44 heavy (non-hydrogen) atoms. The zero-order valence-electron chi connectivity index (χ0n) is 24.2. The second-order valence-corrected chi connectivity index (χ2v) is 14.4. The maximum atomic E-state index is 11.8. The number of benzene rings is 3. The molecule has 2 heterocycles. The van der Waals surface area contributed by atoms with Crippen molar-refractivity contribution in [3.8, 4) is 22.6 Å². The van der Waals surface area contributed by atoms with Crippen LogP contribution in [0.1, 0.15) is 33.1 Å². The number of anilines is 2. The fraction of sp³-hybridized carbons (Fsp3) is 0.290. The Morgan fingerprint density at radius 2 is 1.57 bits per heavy atom. The molecule has 0 aromatic heterocycles. The van der Waals surface area contributed by atoms with Crippen molar-refractivity contribution in [2.24, 2.45) is 0 Å². The van der Waals surface area contributed by atoms with E-state index in [1.165, 1.54) is 6.92 Å². The number of nitrogens with zero attached hydrogens (tertiary/aromatic N) is 2. The molecule has 10 nitrogen and oxygen atoms in total. The fourth-order valence-corrected chi connectivity index (χ4v) is 6.16. The third-order valence-corrected chi connectivity index (χ3v) is 9.80. The lowest BCUT2D eigenvalue weighted by molar-refractivity contribution is 0.422. The first kappa shape index (κ1) is 31.9. The van der Waals surface area contributed by atoms with Gasteiger partial charge in [-0.15, -0.1) is 0 Å². The van der Waals surface area contributed by atoms with Gasteiger partial charge in [-0.05, 0) is 67.6 Å². The summed E-state index contributed by atoms with van der Waals surface area (Å²) < 4.78 is 78.0. The zero-order valence-corrected chi connectivity index (χ0v) is 26.6. The SMILES string of the molecule is CCC(C=C1Oc2ccc(-c3ccccc3)cc2N1CCC(C)S(=O)(=O)O)=C1Oc2ccc(Cl)cc2N1CCCS(=O)(=O)O. The van der Waals surface area contributed by atoms with Crippen molar-refractivity contribution in [1.82, 2.24) is 0 Å². The molecule has 0 aliphatic carbocycles. The van der Waals surface area contributed by atoms with E-state index in [2.05, 4.69) is 0 Å². The number of ether oxygens (including phenoxy) is 2. The van der Waals surface area contributed by atoms with E-state index in [1.807, 2.05) is 71.3 Å². The van der Waals surface area contributed by atoms with Crippen molar-refractivity contribution < 1.29 is 35.4 Å². The van der Waals surface area contributed by atoms with Gasteiger partial charge in [0.25, 0.3) is 20.2 Å². The quantitative estimate of drug-likeness (QED) is 0.219. The summed E-state index contributed by atoms with van der Waals surface area (Å²) in [6.07, 6.45) is 2.59. The molecule has 3 aromatic carbocycles. The molecule has 0 spiro atoms. The maximum Gasteiger partial charge on any atom is 0.267 e. The molecule has 2 aliphatic rings. The van der Waals surface area contributed by atoms with Crippen LogP contribution in [-0.2, 0) is 20.2 Å². The standard InChI is InChI=1S/C31H33ClN2O8S2/c1-3-22(31-34(15-7-17-43(35,36)37)27-20-25(32)11-13-29(27)42-31)19-30-33(16-14-21(2)44(38,39)40)26-18-24(10-12-28(26)41-30)23-8-5-4-6-9-23/h4-6,8-13,18-21H,3,7,14-17H2,1-2H3,(H,35,36,37)(H,38,39,40). The van der Waals surface area contributed by atoms with Crippen molar-refractivity contribution in [2.45, 2.75) is 38.4 Å². The summed E-state index contributed by atoms with van der Waals surface area (Å²) in [6, 6.07) is 20.8. The van der Waals surface area contributed by atoms with Crippen LogP contribution in [0.3, 0.4) is 0 Å². The second-order valence-electron chi connectivity index (χ2n) is 10.6. The van der Waals surface area contributed by atoms with Crippen LogP contribution in [0.4, 0.5) is 11.4 Å². The minimum absolute atomic E-state index is 0.134. The third-order valence-electron chi connectivity index (χ3n) is 7.51. The monoisotopic (exact) mass is 660 g/mol. The van der Waals surface area contributed by atoms with Gasteiger partial charge in [0.2, 0.25) is 11.8 Å². The zero-order chi connectivity index (χ0) is 31.6. The normalized spacial score (nSPS) is 17.2. The Kier molecular flexibility index (Phi) is 9.28. The van der Waals surface area contributed by atoms with Crippen LogP contribution >= 0.6 is 11.6 Å². The number of hydrogen-bond donors (Lipinski definition) is 2. The van der Waals surface area contributed by atoms with Crippen molar-refractivity contribution in [3.05, 3.63) is 95.2 Å². The molecular weight excluding hydrogens is 628 g/mol. The van der Waals surface area contributed by atoms with Gasteiger partial charge in [0.15, 0.2) is 11.5 Å². The van der Waals surface area contributed by atoms with E-state index in [1.54, 1.807) is 18.2 Å². The maximum absolute atomic E-state index is 11.8. The smallest absolute Gasteiger partial charge is 0.267 e. The number of allylic oxidation sites excluding steroid dienone is 2. The summed E-state index contributed by atoms with van der Waals surface area (Å²) >= 11 is 6.28. The van der Waals surface area contributed by atoms with Crippen LogP contribution in [-0.4, -0.2) is 50.0 Å². The Morgan fingerprint density at radius 3 is 2.25 bits per heavy atom. The van der Waals surface area contributed by atoms with Gasteiger partial charge in [-0.2, -0.15) is 16.8 Å². The molecule has 0 fully saturated rings. The van der Waals surface area contributed by atoms with E-state index in [0.717, 1.165) is 22.4 Å². The summed E-state index contributed by atoms with van der Waals surface area (Å²) in [5.41, 5.74) is 4.09. The second kappa shape index (κ2) is 12.8. The molecule has 234 valence electrons. The lowest BCUT2D eigenvalue weighted by atomic mass is 10.0. The van der Waals surface area contributed by atoms with Crippen LogP contribution < -0.4 is 19.3 Å². The molecule has 0 saturated carbocycles. The first-order chi connectivity index (χ1) is 20.8. The third kappa shape index (κ3) is 7.22. The molecule has 1 atom stereocenters. The lowest BCUT2D eigenvalue weighted by Crippen LogP contribution is -2.28. The minimum atomic E-state index is -4.24. The molecule has 3 aromatic rings. The first-order valence-corrected chi connectivity index (χ1v) is 17.6. The summed E-state index contributed by atoms with van der Waals surface area (Å²) in [6.45, 7) is 3.86. The molecule has 13 heteroatoms. The van der Waals surface area contributed by atoms with Gasteiger partial charge >= 0.3 is 0 Å². The van der Waals surface area contributed by atoms with E-state index >= 15 is 0 Å². The molecule has 2 N–H and O–H groups in total. The van der Waals surface area contributed by atoms with Crippen molar-refractivity contribution in [3.63, 3.8) is 0 Å². The summed E-state index contributed by atoms with van der Waals surface area (Å²) in [5, 5.41) is -0.516. The van der Waals surface area contributed by atoms with Crippen LogP contribution in [0.5, 0.6) is 11.5 Å². The predicted molar refractivity (Wildman–Crippen MR) is 171 cm³/mol. The number of halogens is 1. The number of fused-ring (bicyclic) bond motifs is 2. The van der Waals surface area contributed by atoms with Gasteiger partial charge in [0, 0.05) is 29.8 Å². The van der Waals surface area contributed by atoms with E-state index in [4.69, 9.17) is 21.1 Å². The topological polar surface area (TPSA) is 134 Å². The largest absolute Gasteiger partial charge is 0.439 e. The Bertz CT molecular complexity index is 1830. The van der Waals surface area contributed by atoms with Gasteiger partial charge in [0.1, 0.15) is 0 Å². The lowest BCUT2D eigenvalue weighted by Gasteiger charge is -2.22. The first-order valence-electron chi connectivity index (χ1n) is 14.1. The van der Waals surface area contributed by atoms with Gasteiger partial charge in [0.05, 0.1) is 22.4 Å². The average molecular weight is 661 g/mol. The minimum Gasteiger partial charge on any atom is -0.439 e. The fourth-order valence-electron chi connectivity index (χ4n) is 5.10. The Balaban J connectivity index is 1.55. The molecule has 2 aliphatic heterocycles. The summed E-state index contributed by atoms with van der Waals surface area (Å²) in [5.74, 6) is 1.61. The highest BCUT2D eigenvalue weighted by Crippen LogP contribution is 2.45. The van der Waals surface area contributed by atoms with Crippen molar-refractivity contribution >= 4 is 43.2 Å². The van der Waals surface area contributed by atoms with Gasteiger partial charge < -0.3 is 19.3 Å². The Hall–Kier alpha value is -3.55. The molecule has 0 bridgehead atoms. The molecule has 1 unspecified atom stereocenters. The van der Waals surface area contributed by atoms with Crippen molar-refractivity contribution in [1.29, 1.82) is 0 Å². The van der Waals surface area contributed by atoms with E-state index in [0.29, 0.717) is 40.4 Å². The van der Waals surface area contributed by atoms with Crippen LogP contribution in [0.2, 0.25) is 5.02 Å². The summed E-state index contributed by atoms with van der Waals surface area (Å²) in [4.78, 5) is 3.70. The van der Waals surface area contributed by atoms with Crippen LogP contribution in [0, 0.1) is 0 Å². The van der Waals surface area contributed by atoms with E-state index in [-0.39, 0.29) is 25.9 Å². The highest BCUT2D eigenvalue weighted by atomic mass is 35.5. The van der Waals surface area contributed by atoms with E-state index in [9.17, 15) is 25.9 Å². The van der Waals surface area contributed by atoms with E-state index < -0.39 is 31.2 Å². The summed E-state index contributed by atoms with van der Waals surface area (Å²) in [7, 11) is -8.39. The average Bonchev–Trinajstić information content (AvgIpc) is 3.50. The Labute approximate surface area is 262 Å². The molecule has 0 saturated heterocycles. The molecule has 0 radical (unpaired) electrons. The van der Waals surface area contributed by atoms with Gasteiger partial charge in [-0.1, -0.05) is 54.9 Å². The highest BCUT2D eigenvalue weighted by molar-refractivity contribution is 7.86. The predicted octanol–water partition coefficient (Wildman–Crippen LogP) is 6.51. The van der Waals surface area contributed by atoms with Crippen LogP contribution in [0.25, 0.3) is 11.1 Å².